The van der Waals surface area contributed by atoms with Gasteiger partial charge in [0.2, 0.25) is 5.91 Å². The number of nitrogens with zero attached hydrogens (tertiary/aromatic N) is 3. The van der Waals surface area contributed by atoms with Gasteiger partial charge in [-0.1, -0.05) is 19.3 Å². The number of aromatic nitrogens is 1. The lowest BCUT2D eigenvalue weighted by Crippen LogP contribution is -2.52. The van der Waals surface area contributed by atoms with Gasteiger partial charge in [0.15, 0.2) is 0 Å². The highest BCUT2D eigenvalue weighted by molar-refractivity contribution is 6.06. The van der Waals surface area contributed by atoms with Gasteiger partial charge in [-0.3, -0.25) is 14.6 Å². The van der Waals surface area contributed by atoms with Crippen LogP contribution in [0, 0.1) is 18.7 Å². The number of fused-ring (bicyclic) bond motifs is 1. The summed E-state index contributed by atoms with van der Waals surface area (Å²) in [5.74, 6) is -0.0177. The van der Waals surface area contributed by atoms with E-state index < -0.39 is 0 Å². The molecule has 2 aromatic rings. The molecule has 28 heavy (non-hydrogen) atoms. The van der Waals surface area contributed by atoms with Gasteiger partial charge in [0.1, 0.15) is 5.82 Å². The Balaban J connectivity index is 1.47. The zero-order valence-electron chi connectivity index (χ0n) is 16.3. The molecule has 2 heterocycles. The first-order valence-corrected chi connectivity index (χ1v) is 10.2. The summed E-state index contributed by atoms with van der Waals surface area (Å²) in [7, 11) is 0. The molecule has 1 aliphatic carbocycles. The van der Waals surface area contributed by atoms with Crippen LogP contribution in [-0.2, 0) is 4.79 Å². The molecule has 5 nitrogen and oxygen atoms in total. The largest absolute Gasteiger partial charge is 0.339 e. The van der Waals surface area contributed by atoms with Crippen LogP contribution in [0.1, 0.15) is 48.2 Å². The van der Waals surface area contributed by atoms with Crippen molar-refractivity contribution in [1.82, 2.24) is 14.8 Å². The monoisotopic (exact) mass is 383 g/mol. The zero-order chi connectivity index (χ0) is 19.7. The maximum Gasteiger partial charge on any atom is 0.254 e. The number of halogens is 1. The molecule has 2 amide bonds. The molecule has 0 spiro atoms. The summed E-state index contributed by atoms with van der Waals surface area (Å²) in [6, 6.07) is 6.10. The predicted octanol–water partition coefficient (Wildman–Crippen LogP) is 3.55. The fourth-order valence-electron chi connectivity index (χ4n) is 4.42. The van der Waals surface area contributed by atoms with E-state index in [0.717, 1.165) is 25.7 Å². The average Bonchev–Trinajstić information content (AvgIpc) is 2.72. The second-order valence-corrected chi connectivity index (χ2v) is 7.93. The number of rotatable bonds is 2. The Kier molecular flexibility index (Phi) is 5.29. The minimum Gasteiger partial charge on any atom is -0.339 e. The lowest BCUT2D eigenvalue weighted by atomic mass is 9.88. The Hall–Kier alpha value is -2.50. The molecule has 0 unspecified atom stereocenters. The van der Waals surface area contributed by atoms with Gasteiger partial charge >= 0.3 is 0 Å². The van der Waals surface area contributed by atoms with Crippen LogP contribution >= 0.6 is 0 Å². The number of pyridine rings is 1. The van der Waals surface area contributed by atoms with Crippen LogP contribution in [0.25, 0.3) is 10.9 Å². The fraction of sp³-hybridized carbons (Fsp3) is 0.500. The summed E-state index contributed by atoms with van der Waals surface area (Å²) in [5.41, 5.74) is 1.73. The number of carbonyl (C=O) groups is 2. The van der Waals surface area contributed by atoms with Gasteiger partial charge < -0.3 is 9.80 Å². The van der Waals surface area contributed by atoms with E-state index in [1.165, 1.54) is 18.6 Å². The first kappa shape index (κ1) is 18.8. The minimum absolute atomic E-state index is 0.0770. The van der Waals surface area contributed by atoms with Crippen LogP contribution < -0.4 is 0 Å². The van der Waals surface area contributed by atoms with E-state index >= 15 is 0 Å². The van der Waals surface area contributed by atoms with Crippen molar-refractivity contribution < 1.29 is 14.0 Å². The smallest absolute Gasteiger partial charge is 0.254 e. The second-order valence-electron chi connectivity index (χ2n) is 7.93. The molecule has 148 valence electrons. The third kappa shape index (κ3) is 3.73. The van der Waals surface area contributed by atoms with E-state index in [9.17, 15) is 14.0 Å². The first-order valence-electron chi connectivity index (χ1n) is 10.2. The van der Waals surface area contributed by atoms with Crippen molar-refractivity contribution in [3.05, 3.63) is 41.3 Å². The molecule has 1 aromatic carbocycles. The Labute approximate surface area is 164 Å². The summed E-state index contributed by atoms with van der Waals surface area (Å²) in [6.45, 7) is 4.03. The Morgan fingerprint density at radius 2 is 1.68 bits per heavy atom. The summed E-state index contributed by atoms with van der Waals surface area (Å²) < 4.78 is 13.6. The average molecular weight is 383 g/mol. The number of carbonyl (C=O) groups excluding carboxylic acids is 2. The second kappa shape index (κ2) is 7.86. The molecule has 0 radical (unpaired) electrons. The van der Waals surface area contributed by atoms with Gasteiger partial charge in [-0.2, -0.15) is 0 Å². The zero-order valence-corrected chi connectivity index (χ0v) is 16.3. The van der Waals surface area contributed by atoms with Gasteiger partial charge in [-0.25, -0.2) is 4.39 Å². The highest BCUT2D eigenvalue weighted by Crippen LogP contribution is 2.26. The highest BCUT2D eigenvalue weighted by Gasteiger charge is 2.30. The van der Waals surface area contributed by atoms with Crippen molar-refractivity contribution in [3.8, 4) is 0 Å². The van der Waals surface area contributed by atoms with Gasteiger partial charge in [-0.05, 0) is 38.0 Å². The predicted molar refractivity (Wildman–Crippen MR) is 105 cm³/mol. The molecule has 2 fully saturated rings. The molecule has 0 atom stereocenters. The molecule has 1 saturated carbocycles. The van der Waals surface area contributed by atoms with E-state index in [1.807, 2.05) is 11.8 Å². The Morgan fingerprint density at radius 3 is 2.39 bits per heavy atom. The number of aryl methyl sites for hydroxylation is 1. The molecule has 6 heteroatoms. The van der Waals surface area contributed by atoms with E-state index in [-0.39, 0.29) is 23.5 Å². The van der Waals surface area contributed by atoms with Crippen LogP contribution in [0.2, 0.25) is 0 Å². The fourth-order valence-corrected chi connectivity index (χ4v) is 4.42. The first-order chi connectivity index (χ1) is 13.5. The molecule has 0 bridgehead atoms. The lowest BCUT2D eigenvalue weighted by Gasteiger charge is -2.37. The Morgan fingerprint density at radius 1 is 1.00 bits per heavy atom. The standard InChI is InChI=1S/C22H26FN3O2/c1-15-13-19(18-8-7-17(23)14-20(18)24-15)22(28)26-11-9-25(10-12-26)21(27)16-5-3-2-4-6-16/h7-8,13-14,16H,2-6,9-12H2,1H3. The Bertz CT molecular complexity index is 895. The van der Waals surface area contributed by atoms with Crippen molar-refractivity contribution in [3.63, 3.8) is 0 Å². The summed E-state index contributed by atoms with van der Waals surface area (Å²) in [6.07, 6.45) is 5.51. The third-order valence-electron chi connectivity index (χ3n) is 5.96. The van der Waals surface area contributed by atoms with Gasteiger partial charge in [0.25, 0.3) is 5.91 Å². The topological polar surface area (TPSA) is 53.5 Å². The number of piperazine rings is 1. The number of hydrogen-bond acceptors (Lipinski definition) is 3. The van der Waals surface area contributed by atoms with E-state index in [1.54, 1.807) is 17.0 Å². The molecular formula is C22H26FN3O2. The molecule has 0 N–H and O–H groups in total. The van der Waals surface area contributed by atoms with Crippen molar-refractivity contribution in [2.75, 3.05) is 26.2 Å². The number of amides is 2. The number of benzene rings is 1. The molecule has 4 rings (SSSR count). The third-order valence-corrected chi connectivity index (χ3v) is 5.96. The van der Waals surface area contributed by atoms with Crippen molar-refractivity contribution in [2.24, 2.45) is 5.92 Å². The van der Waals surface area contributed by atoms with Crippen molar-refractivity contribution >= 4 is 22.7 Å². The van der Waals surface area contributed by atoms with E-state index in [4.69, 9.17) is 0 Å². The molecule has 2 aliphatic rings. The lowest BCUT2D eigenvalue weighted by molar-refractivity contribution is -0.138. The molecular weight excluding hydrogens is 357 g/mol. The molecule has 1 saturated heterocycles. The normalized spacial score (nSPS) is 18.5. The van der Waals surface area contributed by atoms with Crippen LogP contribution in [-0.4, -0.2) is 52.8 Å². The minimum atomic E-state index is -0.362. The van der Waals surface area contributed by atoms with Crippen molar-refractivity contribution in [2.45, 2.75) is 39.0 Å². The maximum atomic E-state index is 13.6. The van der Waals surface area contributed by atoms with Gasteiger partial charge in [0.05, 0.1) is 11.1 Å². The van der Waals surface area contributed by atoms with E-state index in [0.29, 0.717) is 48.3 Å². The van der Waals surface area contributed by atoms with Crippen LogP contribution in [0.5, 0.6) is 0 Å². The summed E-state index contributed by atoms with van der Waals surface area (Å²) in [5, 5.41) is 0.665. The van der Waals surface area contributed by atoms with Crippen LogP contribution in [0.4, 0.5) is 4.39 Å². The maximum absolute atomic E-state index is 13.6. The quantitative estimate of drug-likeness (QED) is 0.797. The molecule has 1 aliphatic heterocycles. The number of hydrogen-bond donors (Lipinski definition) is 0. The summed E-state index contributed by atoms with van der Waals surface area (Å²) in [4.78, 5) is 33.9. The SMILES string of the molecule is Cc1cc(C(=O)N2CCN(C(=O)C3CCCCC3)CC2)c2ccc(F)cc2n1. The highest BCUT2D eigenvalue weighted by atomic mass is 19.1. The van der Waals surface area contributed by atoms with Crippen LogP contribution in [0.15, 0.2) is 24.3 Å². The molecule has 1 aromatic heterocycles. The summed E-state index contributed by atoms with van der Waals surface area (Å²) >= 11 is 0. The van der Waals surface area contributed by atoms with Crippen LogP contribution in [0.3, 0.4) is 0 Å². The van der Waals surface area contributed by atoms with Gasteiger partial charge in [0, 0.05) is 49.2 Å². The van der Waals surface area contributed by atoms with Crippen molar-refractivity contribution in [1.29, 1.82) is 0 Å². The van der Waals surface area contributed by atoms with E-state index in [2.05, 4.69) is 4.98 Å². The van der Waals surface area contributed by atoms with Gasteiger partial charge in [-0.15, -0.1) is 0 Å².